The fourth-order valence-corrected chi connectivity index (χ4v) is 4.49. The molecular weight excluding hydrogens is 584 g/mol. The molecule has 0 fully saturated rings. The van der Waals surface area contributed by atoms with Gasteiger partial charge in [-0.05, 0) is 77.2 Å². The third kappa shape index (κ3) is 9.37. The Kier molecular flexibility index (Phi) is 11.8. The monoisotopic (exact) mass is 618 g/mol. The number of aryl methyl sites for hydroxylation is 1. The molecule has 0 radical (unpaired) electrons. The number of hydrogen-bond acceptors (Lipinski definition) is 8. The average molecular weight is 619 g/mol. The van der Waals surface area contributed by atoms with Gasteiger partial charge in [0.25, 0.3) is 0 Å². The summed E-state index contributed by atoms with van der Waals surface area (Å²) in [6.45, 7) is 8.73. The lowest BCUT2D eigenvalue weighted by Crippen LogP contribution is -2.20. The third-order valence-electron chi connectivity index (χ3n) is 6.99. The smallest absolute Gasteiger partial charge is 0.338 e. The first-order chi connectivity index (χ1) is 22.3. The minimum absolute atomic E-state index is 0.0686. The molecule has 0 aromatic heterocycles. The third-order valence-corrected chi connectivity index (χ3v) is 6.99. The summed E-state index contributed by atoms with van der Waals surface area (Å²) in [4.78, 5) is 48.6. The fraction of sp³-hybridized carbons (Fsp3) is 0.158. The van der Waals surface area contributed by atoms with Crippen LogP contribution in [0.5, 0.6) is 11.5 Å². The molecule has 0 atom stereocenters. The van der Waals surface area contributed by atoms with E-state index >= 15 is 0 Å². The van der Waals surface area contributed by atoms with E-state index < -0.39 is 29.8 Å². The van der Waals surface area contributed by atoms with Crippen LogP contribution >= 0.6 is 0 Å². The summed E-state index contributed by atoms with van der Waals surface area (Å²) in [5.41, 5.74) is 4.71. The van der Waals surface area contributed by atoms with Gasteiger partial charge in [-0.2, -0.15) is 0 Å². The Balaban J connectivity index is 1.47. The molecule has 4 aromatic carbocycles. The SMILES string of the molecule is C=CC(=O)Oc1ccc(C(=O)OCC(COC(=O)c2ccc(OC(=O)C=C)cc2)c2ccc(-c3ccc(CCC)cc3)cc2)cc1. The van der Waals surface area contributed by atoms with Crippen molar-refractivity contribution in [3.63, 3.8) is 0 Å². The van der Waals surface area contributed by atoms with Crippen molar-refractivity contribution >= 4 is 23.9 Å². The molecule has 0 bridgehead atoms. The van der Waals surface area contributed by atoms with Gasteiger partial charge >= 0.3 is 23.9 Å². The van der Waals surface area contributed by atoms with Crippen molar-refractivity contribution < 1.29 is 38.1 Å². The Morgan fingerprint density at radius 3 is 1.41 bits per heavy atom. The summed E-state index contributed by atoms with van der Waals surface area (Å²) in [7, 11) is 0. The van der Waals surface area contributed by atoms with Gasteiger partial charge in [0.15, 0.2) is 0 Å². The van der Waals surface area contributed by atoms with Crippen LogP contribution < -0.4 is 9.47 Å². The van der Waals surface area contributed by atoms with E-state index in [1.54, 1.807) is 0 Å². The normalized spacial score (nSPS) is 10.5. The molecule has 234 valence electrons. The van der Waals surface area contributed by atoms with Crippen molar-refractivity contribution in [2.75, 3.05) is 13.2 Å². The van der Waals surface area contributed by atoms with Crippen molar-refractivity contribution in [3.05, 3.63) is 145 Å². The van der Waals surface area contributed by atoms with Crippen LogP contribution in [0.1, 0.15) is 51.1 Å². The zero-order valence-corrected chi connectivity index (χ0v) is 25.5. The topological polar surface area (TPSA) is 105 Å². The molecule has 0 unspecified atom stereocenters. The van der Waals surface area contributed by atoms with Gasteiger partial charge in [0.1, 0.15) is 24.7 Å². The Morgan fingerprint density at radius 1 is 0.609 bits per heavy atom. The minimum Gasteiger partial charge on any atom is -0.461 e. The van der Waals surface area contributed by atoms with Crippen molar-refractivity contribution in [2.24, 2.45) is 0 Å². The zero-order valence-electron chi connectivity index (χ0n) is 25.5. The molecule has 0 saturated carbocycles. The molecular formula is C38H34O8. The Bertz CT molecular complexity index is 1590. The Hall–Kier alpha value is -5.76. The van der Waals surface area contributed by atoms with Crippen LogP contribution in [0.2, 0.25) is 0 Å². The van der Waals surface area contributed by atoms with E-state index in [-0.39, 0.29) is 35.8 Å². The molecule has 0 aliphatic rings. The molecule has 8 heteroatoms. The molecule has 0 saturated heterocycles. The summed E-state index contributed by atoms with van der Waals surface area (Å²) in [5.74, 6) is -2.36. The highest BCUT2D eigenvalue weighted by molar-refractivity contribution is 5.90. The Morgan fingerprint density at radius 2 is 1.02 bits per heavy atom. The van der Waals surface area contributed by atoms with Crippen molar-refractivity contribution in [1.29, 1.82) is 0 Å². The molecule has 0 spiro atoms. The van der Waals surface area contributed by atoms with Crippen molar-refractivity contribution in [1.82, 2.24) is 0 Å². The number of ether oxygens (including phenoxy) is 4. The molecule has 4 rings (SSSR count). The lowest BCUT2D eigenvalue weighted by molar-refractivity contribution is -0.129. The van der Waals surface area contributed by atoms with Gasteiger partial charge in [0, 0.05) is 12.2 Å². The van der Waals surface area contributed by atoms with Gasteiger partial charge < -0.3 is 18.9 Å². The quantitative estimate of drug-likeness (QED) is 0.0825. The van der Waals surface area contributed by atoms with E-state index in [2.05, 4.69) is 44.3 Å². The van der Waals surface area contributed by atoms with Crippen LogP contribution in [0, 0.1) is 0 Å². The molecule has 0 heterocycles. The van der Waals surface area contributed by atoms with Crippen LogP contribution in [0.25, 0.3) is 11.1 Å². The highest BCUT2D eigenvalue weighted by Crippen LogP contribution is 2.25. The second-order valence-electron chi connectivity index (χ2n) is 10.3. The molecule has 0 aliphatic heterocycles. The molecule has 46 heavy (non-hydrogen) atoms. The number of rotatable bonds is 14. The van der Waals surface area contributed by atoms with E-state index in [9.17, 15) is 19.2 Å². The van der Waals surface area contributed by atoms with Gasteiger partial charge in [-0.1, -0.05) is 75.0 Å². The lowest BCUT2D eigenvalue weighted by atomic mass is 9.96. The lowest BCUT2D eigenvalue weighted by Gasteiger charge is -2.18. The first-order valence-corrected chi connectivity index (χ1v) is 14.7. The number of carbonyl (C=O) groups is 4. The van der Waals surface area contributed by atoms with Gasteiger partial charge in [-0.15, -0.1) is 0 Å². The standard InChI is InChI=1S/C38H34O8/c1-4-7-26-8-10-27(11-9-26)28-12-14-29(15-13-28)32(24-43-37(41)30-16-20-33(21-17-30)45-35(39)5-2)25-44-38(42)31-18-22-34(23-19-31)46-36(40)6-3/h5-6,8-23,32H,2-4,7,24-25H2,1H3. The molecule has 0 amide bonds. The van der Waals surface area contributed by atoms with Crippen LogP contribution in [0.3, 0.4) is 0 Å². The van der Waals surface area contributed by atoms with E-state index in [4.69, 9.17) is 18.9 Å². The number of benzene rings is 4. The maximum Gasteiger partial charge on any atom is 0.338 e. The van der Waals surface area contributed by atoms with Gasteiger partial charge in [-0.3, -0.25) is 0 Å². The summed E-state index contributed by atoms with van der Waals surface area (Å²) in [6, 6.07) is 28.1. The second kappa shape index (κ2) is 16.4. The van der Waals surface area contributed by atoms with E-state index in [0.29, 0.717) is 0 Å². The average Bonchev–Trinajstić information content (AvgIpc) is 3.09. The molecule has 8 nitrogen and oxygen atoms in total. The van der Waals surface area contributed by atoms with Crippen LogP contribution in [0.15, 0.2) is 122 Å². The highest BCUT2D eigenvalue weighted by atomic mass is 16.6. The van der Waals surface area contributed by atoms with Crippen molar-refractivity contribution in [2.45, 2.75) is 25.7 Å². The summed E-state index contributed by atoms with van der Waals surface area (Å²) in [6.07, 6.45) is 4.19. The van der Waals surface area contributed by atoms with Crippen LogP contribution in [0.4, 0.5) is 0 Å². The van der Waals surface area contributed by atoms with Gasteiger partial charge in [0.2, 0.25) is 0 Å². The first-order valence-electron chi connectivity index (χ1n) is 14.7. The first kappa shape index (κ1) is 33.1. The van der Waals surface area contributed by atoms with Crippen molar-refractivity contribution in [3.8, 4) is 22.6 Å². The summed E-state index contributed by atoms with van der Waals surface area (Å²) >= 11 is 0. The molecule has 0 N–H and O–H groups in total. The Labute approximate surface area is 267 Å². The predicted molar refractivity (Wildman–Crippen MR) is 174 cm³/mol. The maximum atomic E-state index is 12.9. The second-order valence-corrected chi connectivity index (χ2v) is 10.3. The van der Waals surface area contributed by atoms with Gasteiger partial charge in [-0.25, -0.2) is 19.2 Å². The predicted octanol–water partition coefficient (Wildman–Crippen LogP) is 7.29. The van der Waals surface area contributed by atoms with Gasteiger partial charge in [0.05, 0.1) is 17.0 Å². The largest absolute Gasteiger partial charge is 0.461 e. The van der Waals surface area contributed by atoms with E-state index in [0.717, 1.165) is 41.7 Å². The van der Waals surface area contributed by atoms with Crippen LogP contribution in [-0.2, 0) is 25.5 Å². The summed E-state index contributed by atoms with van der Waals surface area (Å²) in [5, 5.41) is 0. The maximum absolute atomic E-state index is 12.9. The fourth-order valence-electron chi connectivity index (χ4n) is 4.49. The van der Waals surface area contributed by atoms with E-state index in [1.807, 2.05) is 24.3 Å². The highest BCUT2D eigenvalue weighted by Gasteiger charge is 2.19. The van der Waals surface area contributed by atoms with E-state index in [1.165, 1.54) is 54.1 Å². The van der Waals surface area contributed by atoms with Crippen LogP contribution in [-0.4, -0.2) is 37.1 Å². The zero-order chi connectivity index (χ0) is 32.9. The summed E-state index contributed by atoms with van der Waals surface area (Å²) < 4.78 is 21.4. The molecule has 4 aromatic rings. The number of hydrogen-bond donors (Lipinski definition) is 0. The minimum atomic E-state index is -0.612. The molecule has 0 aliphatic carbocycles. The number of esters is 4. The number of carbonyl (C=O) groups excluding carboxylic acids is 4.